The molecule has 0 radical (unpaired) electrons. The first-order valence-electron chi connectivity index (χ1n) is 8.17. The van der Waals surface area contributed by atoms with Crippen LogP contribution in [0, 0.1) is 0 Å². The van der Waals surface area contributed by atoms with Gasteiger partial charge in [-0.15, -0.1) is 0 Å². The van der Waals surface area contributed by atoms with E-state index in [0.717, 1.165) is 24.0 Å². The Balaban J connectivity index is 3.78. The molecular formula is C17H35N2O+. The molecule has 1 atom stereocenters. The second kappa shape index (κ2) is 10.9. The van der Waals surface area contributed by atoms with Crippen LogP contribution in [-0.4, -0.2) is 43.6 Å². The largest absolute Gasteiger partial charge is 0.352 e. The van der Waals surface area contributed by atoms with Gasteiger partial charge in [-0.2, -0.15) is 0 Å². The highest BCUT2D eigenvalue weighted by atomic mass is 16.1. The van der Waals surface area contributed by atoms with Crippen LogP contribution in [0.4, 0.5) is 0 Å². The minimum absolute atomic E-state index is 0.0701. The Morgan fingerprint density at radius 1 is 1.20 bits per heavy atom. The molecule has 0 bridgehead atoms. The summed E-state index contributed by atoms with van der Waals surface area (Å²) in [6.07, 6.45) is 10.4. The Labute approximate surface area is 126 Å². The monoisotopic (exact) mass is 283 g/mol. The SMILES string of the molecule is C=CC(=O)NCCC[N+](C)(C)C(C)CCCCCCC. The molecule has 3 heteroatoms. The molecule has 0 aromatic carbocycles. The fraction of sp³-hybridized carbons (Fsp3) is 0.824. The van der Waals surface area contributed by atoms with Gasteiger partial charge >= 0.3 is 0 Å². The molecule has 0 aromatic rings. The van der Waals surface area contributed by atoms with Crippen LogP contribution in [0.5, 0.6) is 0 Å². The number of quaternary nitrogens is 1. The van der Waals surface area contributed by atoms with Crippen molar-refractivity contribution in [3.63, 3.8) is 0 Å². The summed E-state index contributed by atoms with van der Waals surface area (Å²) < 4.78 is 1.04. The fourth-order valence-electron chi connectivity index (χ4n) is 2.38. The summed E-state index contributed by atoms with van der Waals surface area (Å²) in [5, 5.41) is 2.84. The van der Waals surface area contributed by atoms with E-state index in [1.165, 1.54) is 44.6 Å². The molecule has 3 nitrogen and oxygen atoms in total. The van der Waals surface area contributed by atoms with Gasteiger partial charge in [-0.05, 0) is 25.8 Å². The number of rotatable bonds is 12. The van der Waals surface area contributed by atoms with E-state index in [4.69, 9.17) is 0 Å². The Morgan fingerprint density at radius 2 is 1.85 bits per heavy atom. The number of hydrogen-bond donors (Lipinski definition) is 1. The lowest BCUT2D eigenvalue weighted by Crippen LogP contribution is -2.48. The van der Waals surface area contributed by atoms with Gasteiger partial charge in [-0.1, -0.05) is 39.2 Å². The van der Waals surface area contributed by atoms with E-state index in [0.29, 0.717) is 6.04 Å². The standard InChI is InChI=1S/C17H34N2O/c1-6-8-9-10-11-13-16(3)19(4,5)15-12-14-18-17(20)7-2/h7,16H,2,6,8-15H2,1,3-5H3/p+1. The molecule has 0 fully saturated rings. The molecule has 1 N–H and O–H groups in total. The Morgan fingerprint density at radius 3 is 2.45 bits per heavy atom. The number of carbonyl (C=O) groups is 1. The zero-order valence-corrected chi connectivity index (χ0v) is 14.1. The van der Waals surface area contributed by atoms with E-state index in [9.17, 15) is 4.79 Å². The first-order valence-corrected chi connectivity index (χ1v) is 8.17. The van der Waals surface area contributed by atoms with Crippen LogP contribution in [0.15, 0.2) is 12.7 Å². The molecule has 0 aliphatic rings. The van der Waals surface area contributed by atoms with Crippen molar-refractivity contribution in [3.05, 3.63) is 12.7 Å². The first-order chi connectivity index (χ1) is 9.44. The predicted octanol–water partition coefficient (Wildman–Crippen LogP) is 3.50. The lowest BCUT2D eigenvalue weighted by molar-refractivity contribution is -0.913. The summed E-state index contributed by atoms with van der Waals surface area (Å²) in [7, 11) is 4.60. The molecule has 1 unspecified atom stereocenters. The Kier molecular flexibility index (Phi) is 10.4. The van der Waals surface area contributed by atoms with Gasteiger partial charge in [0.15, 0.2) is 0 Å². The second-order valence-electron chi connectivity index (χ2n) is 6.40. The smallest absolute Gasteiger partial charge is 0.243 e. The van der Waals surface area contributed by atoms with Crippen molar-refractivity contribution in [2.24, 2.45) is 0 Å². The summed E-state index contributed by atoms with van der Waals surface area (Å²) in [4.78, 5) is 11.1. The van der Waals surface area contributed by atoms with Crippen LogP contribution in [0.3, 0.4) is 0 Å². The van der Waals surface area contributed by atoms with E-state index in [-0.39, 0.29) is 5.91 Å². The highest BCUT2D eigenvalue weighted by Crippen LogP contribution is 2.15. The number of nitrogens with one attached hydrogen (secondary N) is 1. The van der Waals surface area contributed by atoms with Gasteiger partial charge in [0.05, 0.1) is 26.7 Å². The van der Waals surface area contributed by atoms with Crippen LogP contribution in [-0.2, 0) is 4.79 Å². The molecule has 0 aliphatic carbocycles. The second-order valence-corrected chi connectivity index (χ2v) is 6.40. The number of unbranched alkanes of at least 4 members (excludes halogenated alkanes) is 4. The van der Waals surface area contributed by atoms with Crippen molar-refractivity contribution in [2.75, 3.05) is 27.2 Å². The van der Waals surface area contributed by atoms with Gasteiger partial charge in [0.2, 0.25) is 5.91 Å². The Hall–Kier alpha value is -0.830. The minimum atomic E-state index is -0.0701. The molecule has 1 amide bonds. The number of hydrogen-bond acceptors (Lipinski definition) is 1. The van der Waals surface area contributed by atoms with E-state index >= 15 is 0 Å². The van der Waals surface area contributed by atoms with Gasteiger partial charge in [0.1, 0.15) is 0 Å². The molecule has 118 valence electrons. The third kappa shape index (κ3) is 9.13. The molecule has 0 saturated carbocycles. The van der Waals surface area contributed by atoms with Crippen LogP contribution in [0.2, 0.25) is 0 Å². The van der Waals surface area contributed by atoms with E-state index in [1.807, 2.05) is 0 Å². The van der Waals surface area contributed by atoms with Crippen molar-refractivity contribution < 1.29 is 9.28 Å². The molecule has 0 aromatic heterocycles. The van der Waals surface area contributed by atoms with E-state index in [2.05, 4.69) is 39.8 Å². The van der Waals surface area contributed by atoms with E-state index in [1.54, 1.807) is 0 Å². The van der Waals surface area contributed by atoms with Crippen LogP contribution < -0.4 is 5.32 Å². The van der Waals surface area contributed by atoms with Crippen LogP contribution >= 0.6 is 0 Å². The maximum atomic E-state index is 11.1. The van der Waals surface area contributed by atoms with Crippen molar-refractivity contribution >= 4 is 5.91 Å². The minimum Gasteiger partial charge on any atom is -0.352 e. The summed E-state index contributed by atoms with van der Waals surface area (Å²) in [5.41, 5.74) is 0. The predicted molar refractivity (Wildman–Crippen MR) is 87.6 cm³/mol. The third-order valence-electron chi connectivity index (χ3n) is 4.31. The highest BCUT2D eigenvalue weighted by molar-refractivity contribution is 5.86. The summed E-state index contributed by atoms with van der Waals surface area (Å²) in [6.45, 7) is 9.91. The normalized spacial score (nSPS) is 13.0. The maximum Gasteiger partial charge on any atom is 0.243 e. The molecule has 20 heavy (non-hydrogen) atoms. The van der Waals surface area contributed by atoms with Crippen molar-refractivity contribution in [2.45, 2.75) is 64.8 Å². The molecule has 0 rings (SSSR count). The van der Waals surface area contributed by atoms with Gasteiger partial charge in [0, 0.05) is 13.0 Å². The van der Waals surface area contributed by atoms with Gasteiger partial charge in [-0.25, -0.2) is 0 Å². The highest BCUT2D eigenvalue weighted by Gasteiger charge is 2.22. The first kappa shape index (κ1) is 19.2. The molecule has 0 saturated heterocycles. The number of carbonyl (C=O) groups excluding carboxylic acids is 1. The average molecular weight is 283 g/mol. The zero-order valence-electron chi connectivity index (χ0n) is 14.1. The maximum absolute atomic E-state index is 11.1. The summed E-state index contributed by atoms with van der Waals surface area (Å²) in [5.74, 6) is -0.0701. The lowest BCUT2D eigenvalue weighted by Gasteiger charge is -2.36. The van der Waals surface area contributed by atoms with Crippen molar-refractivity contribution in [3.8, 4) is 0 Å². The summed E-state index contributed by atoms with van der Waals surface area (Å²) in [6, 6.07) is 0.687. The number of amides is 1. The average Bonchev–Trinajstić information content (AvgIpc) is 2.42. The van der Waals surface area contributed by atoms with Crippen molar-refractivity contribution in [1.29, 1.82) is 0 Å². The van der Waals surface area contributed by atoms with Crippen molar-refractivity contribution in [1.82, 2.24) is 5.32 Å². The third-order valence-corrected chi connectivity index (χ3v) is 4.31. The van der Waals surface area contributed by atoms with Gasteiger partial charge in [-0.3, -0.25) is 4.79 Å². The molecule has 0 aliphatic heterocycles. The van der Waals surface area contributed by atoms with E-state index < -0.39 is 0 Å². The lowest BCUT2D eigenvalue weighted by atomic mass is 10.1. The molecule has 0 heterocycles. The molecule has 0 spiro atoms. The van der Waals surface area contributed by atoms with Crippen LogP contribution in [0.25, 0.3) is 0 Å². The quantitative estimate of drug-likeness (QED) is 0.331. The van der Waals surface area contributed by atoms with Gasteiger partial charge < -0.3 is 9.80 Å². The molecular weight excluding hydrogens is 248 g/mol. The fourth-order valence-corrected chi connectivity index (χ4v) is 2.38. The Bertz CT molecular complexity index is 274. The summed E-state index contributed by atoms with van der Waals surface area (Å²) >= 11 is 0. The topological polar surface area (TPSA) is 29.1 Å². The van der Waals surface area contributed by atoms with Gasteiger partial charge in [0.25, 0.3) is 0 Å². The zero-order chi connectivity index (χ0) is 15.4. The number of nitrogens with zero attached hydrogens (tertiary/aromatic N) is 1. The van der Waals surface area contributed by atoms with Crippen LogP contribution in [0.1, 0.15) is 58.8 Å².